The molecule has 2 aromatic heterocycles. The van der Waals surface area contributed by atoms with Gasteiger partial charge in [0, 0.05) is 36.9 Å². The first-order valence-electron chi connectivity index (χ1n) is 6.89. The fourth-order valence-electron chi connectivity index (χ4n) is 2.32. The second-order valence-corrected chi connectivity index (χ2v) is 4.80. The van der Waals surface area contributed by atoms with E-state index in [9.17, 15) is 0 Å². The smallest absolute Gasteiger partial charge is 0.213 e. The Morgan fingerprint density at radius 1 is 1.00 bits per heavy atom. The summed E-state index contributed by atoms with van der Waals surface area (Å²) >= 11 is 0. The van der Waals surface area contributed by atoms with Crippen LogP contribution in [0.15, 0.2) is 54.9 Å². The molecule has 0 unspecified atom stereocenters. The molecule has 0 saturated heterocycles. The monoisotopic (exact) mass is 279 g/mol. The molecule has 21 heavy (non-hydrogen) atoms. The quantitative estimate of drug-likeness (QED) is 0.780. The molecule has 0 aliphatic carbocycles. The fraction of sp³-hybridized carbons (Fsp3) is 0.176. The van der Waals surface area contributed by atoms with Crippen LogP contribution in [0.3, 0.4) is 0 Å². The number of hydrogen-bond donors (Lipinski definition) is 1. The number of nitrogens with one attached hydrogen (secondary N) is 1. The molecular weight excluding hydrogens is 262 g/mol. The number of ether oxygens (including phenoxy) is 1. The molecule has 0 aliphatic rings. The summed E-state index contributed by atoms with van der Waals surface area (Å²) in [5.74, 6) is 0.642. The van der Waals surface area contributed by atoms with Crippen LogP contribution in [0.1, 0.15) is 11.1 Å². The third kappa shape index (κ3) is 3.17. The highest BCUT2D eigenvalue weighted by Gasteiger charge is 2.01. The van der Waals surface area contributed by atoms with Gasteiger partial charge >= 0.3 is 0 Å². The molecule has 4 heteroatoms. The average molecular weight is 279 g/mol. The summed E-state index contributed by atoms with van der Waals surface area (Å²) in [6.45, 7) is 1.57. The Labute approximate surface area is 123 Å². The zero-order valence-corrected chi connectivity index (χ0v) is 11.9. The van der Waals surface area contributed by atoms with E-state index >= 15 is 0 Å². The van der Waals surface area contributed by atoms with E-state index in [4.69, 9.17) is 4.74 Å². The van der Waals surface area contributed by atoms with Gasteiger partial charge in [-0.05, 0) is 29.3 Å². The van der Waals surface area contributed by atoms with Gasteiger partial charge < -0.3 is 10.1 Å². The van der Waals surface area contributed by atoms with Crippen molar-refractivity contribution >= 4 is 10.9 Å². The molecule has 1 aromatic carbocycles. The molecule has 0 bridgehead atoms. The Balaban J connectivity index is 1.69. The van der Waals surface area contributed by atoms with Crippen LogP contribution in [0.2, 0.25) is 0 Å². The normalized spacial score (nSPS) is 10.7. The standard InChI is InChI=1S/C17H17N3O/c1-21-17-10-13(6-8-20-17)11-18-12-14-7-9-19-16-5-3-2-4-15(14)16/h2-10,18H,11-12H2,1H3. The van der Waals surface area contributed by atoms with Gasteiger partial charge in [-0.3, -0.25) is 4.98 Å². The lowest BCUT2D eigenvalue weighted by Gasteiger charge is -2.08. The highest BCUT2D eigenvalue weighted by Crippen LogP contribution is 2.16. The number of nitrogens with zero attached hydrogens (tertiary/aromatic N) is 2. The van der Waals surface area contributed by atoms with Crippen molar-refractivity contribution in [3.63, 3.8) is 0 Å². The summed E-state index contributed by atoms with van der Waals surface area (Å²) in [7, 11) is 1.63. The number of aromatic nitrogens is 2. The lowest BCUT2D eigenvalue weighted by molar-refractivity contribution is 0.397. The summed E-state index contributed by atoms with van der Waals surface area (Å²) < 4.78 is 5.13. The van der Waals surface area contributed by atoms with Crippen molar-refractivity contribution in [2.24, 2.45) is 0 Å². The first-order valence-corrected chi connectivity index (χ1v) is 6.89. The van der Waals surface area contributed by atoms with Crippen LogP contribution in [0.5, 0.6) is 5.88 Å². The summed E-state index contributed by atoms with van der Waals surface area (Å²) in [5, 5.41) is 4.64. The molecule has 0 fully saturated rings. The Morgan fingerprint density at radius 3 is 2.76 bits per heavy atom. The minimum absolute atomic E-state index is 0.642. The van der Waals surface area contributed by atoms with Crippen molar-refractivity contribution in [3.8, 4) is 5.88 Å². The van der Waals surface area contributed by atoms with E-state index in [0.717, 1.165) is 24.2 Å². The van der Waals surface area contributed by atoms with E-state index in [0.29, 0.717) is 5.88 Å². The zero-order chi connectivity index (χ0) is 14.5. The second kappa shape index (κ2) is 6.33. The topological polar surface area (TPSA) is 47.0 Å². The Kier molecular flexibility index (Phi) is 4.07. The SMILES string of the molecule is COc1cc(CNCc2ccnc3ccccc23)ccn1. The van der Waals surface area contributed by atoms with Gasteiger partial charge in [0.2, 0.25) is 5.88 Å². The third-order valence-corrected chi connectivity index (χ3v) is 3.39. The number of methoxy groups -OCH3 is 1. The Bertz CT molecular complexity index is 737. The summed E-state index contributed by atoms with van der Waals surface area (Å²) in [4.78, 5) is 8.48. The number of rotatable bonds is 5. The maximum absolute atomic E-state index is 5.13. The fourth-order valence-corrected chi connectivity index (χ4v) is 2.32. The van der Waals surface area contributed by atoms with Gasteiger partial charge in [0.05, 0.1) is 12.6 Å². The van der Waals surface area contributed by atoms with Crippen LogP contribution in [0, 0.1) is 0 Å². The Morgan fingerprint density at radius 2 is 1.86 bits per heavy atom. The molecule has 3 aromatic rings. The summed E-state index contributed by atoms with van der Waals surface area (Å²) in [6, 6.07) is 14.2. The van der Waals surface area contributed by atoms with Gasteiger partial charge in [0.15, 0.2) is 0 Å². The van der Waals surface area contributed by atoms with Crippen molar-refractivity contribution in [2.45, 2.75) is 13.1 Å². The van der Waals surface area contributed by atoms with Crippen molar-refractivity contribution in [2.75, 3.05) is 7.11 Å². The lowest BCUT2D eigenvalue weighted by Crippen LogP contribution is -2.13. The van der Waals surface area contributed by atoms with Crippen molar-refractivity contribution in [1.82, 2.24) is 15.3 Å². The molecule has 3 rings (SSSR count). The Hall–Kier alpha value is -2.46. The van der Waals surface area contributed by atoms with Crippen molar-refractivity contribution < 1.29 is 4.74 Å². The van der Waals surface area contributed by atoms with Gasteiger partial charge in [-0.2, -0.15) is 0 Å². The van der Waals surface area contributed by atoms with Crippen LogP contribution in [-0.4, -0.2) is 17.1 Å². The minimum atomic E-state index is 0.642. The first kappa shape index (κ1) is 13.5. The van der Waals surface area contributed by atoms with E-state index in [1.807, 2.05) is 36.5 Å². The predicted molar refractivity (Wildman–Crippen MR) is 83.1 cm³/mol. The van der Waals surface area contributed by atoms with E-state index in [1.165, 1.54) is 10.9 Å². The molecule has 4 nitrogen and oxygen atoms in total. The molecule has 0 spiro atoms. The number of para-hydroxylation sites is 1. The largest absolute Gasteiger partial charge is 0.481 e. The number of hydrogen-bond acceptors (Lipinski definition) is 4. The second-order valence-electron chi connectivity index (χ2n) is 4.80. The molecule has 106 valence electrons. The van der Waals surface area contributed by atoms with Gasteiger partial charge in [-0.1, -0.05) is 18.2 Å². The van der Waals surface area contributed by atoms with E-state index in [2.05, 4.69) is 27.4 Å². The molecule has 0 saturated carbocycles. The zero-order valence-electron chi connectivity index (χ0n) is 11.9. The van der Waals surface area contributed by atoms with E-state index in [1.54, 1.807) is 13.3 Å². The molecule has 0 amide bonds. The molecule has 0 radical (unpaired) electrons. The lowest BCUT2D eigenvalue weighted by atomic mass is 10.1. The van der Waals surface area contributed by atoms with Crippen molar-refractivity contribution in [1.29, 1.82) is 0 Å². The van der Waals surface area contributed by atoms with Crippen LogP contribution in [0.25, 0.3) is 10.9 Å². The molecule has 0 aliphatic heterocycles. The maximum atomic E-state index is 5.13. The molecule has 0 atom stereocenters. The van der Waals surface area contributed by atoms with E-state index < -0.39 is 0 Å². The van der Waals surface area contributed by atoms with Gasteiger partial charge in [0.1, 0.15) is 0 Å². The summed E-state index contributed by atoms with van der Waals surface area (Å²) in [6.07, 6.45) is 3.62. The minimum Gasteiger partial charge on any atom is -0.481 e. The predicted octanol–water partition coefficient (Wildman–Crippen LogP) is 2.93. The molecule has 2 heterocycles. The third-order valence-electron chi connectivity index (χ3n) is 3.39. The highest BCUT2D eigenvalue weighted by molar-refractivity contribution is 5.81. The number of pyridine rings is 2. The maximum Gasteiger partial charge on any atom is 0.213 e. The van der Waals surface area contributed by atoms with Gasteiger partial charge in [0.25, 0.3) is 0 Å². The van der Waals surface area contributed by atoms with Crippen LogP contribution >= 0.6 is 0 Å². The van der Waals surface area contributed by atoms with Gasteiger partial charge in [-0.15, -0.1) is 0 Å². The number of fused-ring (bicyclic) bond motifs is 1. The van der Waals surface area contributed by atoms with Crippen molar-refractivity contribution in [3.05, 3.63) is 66.0 Å². The van der Waals surface area contributed by atoms with Crippen LogP contribution < -0.4 is 10.1 Å². The molecule has 1 N–H and O–H groups in total. The first-order chi connectivity index (χ1) is 10.4. The van der Waals surface area contributed by atoms with Gasteiger partial charge in [-0.25, -0.2) is 4.98 Å². The highest BCUT2D eigenvalue weighted by atomic mass is 16.5. The van der Waals surface area contributed by atoms with Crippen LogP contribution in [-0.2, 0) is 13.1 Å². The van der Waals surface area contributed by atoms with Crippen LogP contribution in [0.4, 0.5) is 0 Å². The number of benzene rings is 1. The average Bonchev–Trinajstić information content (AvgIpc) is 2.55. The summed E-state index contributed by atoms with van der Waals surface area (Å²) in [5.41, 5.74) is 3.43. The van der Waals surface area contributed by atoms with E-state index in [-0.39, 0.29) is 0 Å². The molecular formula is C17H17N3O.